The molecule has 0 aromatic carbocycles. The summed E-state index contributed by atoms with van der Waals surface area (Å²) in [4.78, 5) is 26.6. The highest BCUT2D eigenvalue weighted by molar-refractivity contribution is 8.17. The summed E-state index contributed by atoms with van der Waals surface area (Å²) in [5.41, 5.74) is 7.98. The molecule has 0 spiro atoms. The molecule has 0 bridgehead atoms. The minimum absolute atomic E-state index is 0.0810. The van der Waals surface area contributed by atoms with Crippen LogP contribution < -0.4 is 5.73 Å². The summed E-state index contributed by atoms with van der Waals surface area (Å²) in [5, 5.41) is 0.477. The van der Waals surface area contributed by atoms with Crippen LogP contribution in [0.2, 0.25) is 0 Å². The first-order chi connectivity index (χ1) is 12.4. The van der Waals surface area contributed by atoms with Gasteiger partial charge in [-0.2, -0.15) is 0 Å². The predicted molar refractivity (Wildman–Crippen MR) is 105 cm³/mol. The first-order valence-corrected chi connectivity index (χ1v) is 8.83. The molecule has 2 aromatic heterocycles. The van der Waals surface area contributed by atoms with Gasteiger partial charge in [0.2, 0.25) is 0 Å². The fraction of sp³-hybridized carbons (Fsp3) is 0.200. The Bertz CT molecular complexity index is 943. The Balaban J connectivity index is 1.83. The molecule has 0 radical (unpaired) electrons. The largest absolute Gasteiger partial charge is 0.378 e. The topological polar surface area (TPSA) is 81.2 Å². The summed E-state index contributed by atoms with van der Waals surface area (Å²) in [6.07, 6.45) is 9.40. The van der Waals surface area contributed by atoms with Crippen molar-refractivity contribution >= 4 is 22.7 Å². The van der Waals surface area contributed by atoms with Gasteiger partial charge in [-0.15, -0.1) is 6.42 Å². The molecule has 2 aromatic rings. The number of terminal acetylenes is 1. The van der Waals surface area contributed by atoms with Gasteiger partial charge in [0, 0.05) is 30.8 Å². The van der Waals surface area contributed by atoms with E-state index in [4.69, 9.17) is 12.2 Å². The number of carbonyl (C=O) groups excluding carboxylic acids is 1. The predicted octanol–water partition coefficient (Wildman–Crippen LogP) is 3.06. The Morgan fingerprint density at radius 1 is 1.42 bits per heavy atom. The molecular formula is C20H18N4OS. The molecule has 0 unspecified atom stereocenters. The van der Waals surface area contributed by atoms with Crippen molar-refractivity contribution in [2.45, 2.75) is 25.3 Å². The van der Waals surface area contributed by atoms with Gasteiger partial charge in [0.15, 0.2) is 11.0 Å². The average Bonchev–Trinajstić information content (AvgIpc) is 2.61. The van der Waals surface area contributed by atoms with Crippen molar-refractivity contribution in [2.24, 2.45) is 10.7 Å². The van der Waals surface area contributed by atoms with Gasteiger partial charge in [-0.1, -0.05) is 24.3 Å². The summed E-state index contributed by atoms with van der Waals surface area (Å²) in [6, 6.07) is 7.07. The highest BCUT2D eigenvalue weighted by Gasteiger charge is 2.32. The zero-order chi connectivity index (χ0) is 18.7. The Morgan fingerprint density at radius 2 is 2.23 bits per heavy atom. The fourth-order valence-electron chi connectivity index (χ4n) is 2.82. The Morgan fingerprint density at radius 3 is 2.88 bits per heavy atom. The third-order valence-corrected chi connectivity index (χ3v) is 4.84. The summed E-state index contributed by atoms with van der Waals surface area (Å²) in [6.45, 7) is 5.98. The van der Waals surface area contributed by atoms with Crippen molar-refractivity contribution in [3.05, 3.63) is 70.7 Å². The lowest BCUT2D eigenvalue weighted by atomic mass is 9.92. The number of hydrogen-bond acceptors (Lipinski definition) is 6. The summed E-state index contributed by atoms with van der Waals surface area (Å²) in [7, 11) is 0. The lowest BCUT2D eigenvalue weighted by Gasteiger charge is -2.30. The van der Waals surface area contributed by atoms with Gasteiger partial charge >= 0.3 is 0 Å². The third-order valence-electron chi connectivity index (χ3n) is 4.10. The van der Waals surface area contributed by atoms with Crippen LogP contribution in [-0.2, 0) is 12.0 Å². The van der Waals surface area contributed by atoms with Crippen LogP contribution in [0.4, 0.5) is 0 Å². The zero-order valence-electron chi connectivity index (χ0n) is 14.4. The first kappa shape index (κ1) is 17.9. The number of ketones is 1. The molecule has 0 amide bonds. The minimum Gasteiger partial charge on any atom is -0.378 e. The van der Waals surface area contributed by atoms with E-state index in [0.717, 1.165) is 16.2 Å². The highest BCUT2D eigenvalue weighted by Crippen LogP contribution is 2.39. The lowest BCUT2D eigenvalue weighted by molar-refractivity contribution is 0.0988. The van der Waals surface area contributed by atoms with Gasteiger partial charge < -0.3 is 5.73 Å². The van der Waals surface area contributed by atoms with E-state index in [1.54, 1.807) is 18.3 Å². The molecule has 1 aliphatic rings. The number of rotatable bonds is 4. The van der Waals surface area contributed by atoms with Gasteiger partial charge in [-0.05, 0) is 41.7 Å². The van der Waals surface area contributed by atoms with Gasteiger partial charge in [-0.25, -0.2) is 4.99 Å². The minimum atomic E-state index is -0.571. The van der Waals surface area contributed by atoms with Crippen molar-refractivity contribution in [2.75, 3.05) is 0 Å². The van der Waals surface area contributed by atoms with E-state index >= 15 is 0 Å². The molecule has 130 valence electrons. The monoisotopic (exact) mass is 362 g/mol. The molecule has 5 nitrogen and oxygen atoms in total. The van der Waals surface area contributed by atoms with Gasteiger partial charge in [0.1, 0.15) is 11.2 Å². The Kier molecular flexibility index (Phi) is 4.92. The van der Waals surface area contributed by atoms with Crippen LogP contribution in [-0.4, -0.2) is 20.9 Å². The van der Waals surface area contributed by atoms with Crippen LogP contribution in [0, 0.1) is 12.3 Å². The molecule has 0 saturated carbocycles. The van der Waals surface area contributed by atoms with Crippen LogP contribution in [0.25, 0.3) is 0 Å². The smallest absolute Gasteiger partial charge is 0.185 e. The van der Waals surface area contributed by atoms with Crippen molar-refractivity contribution in [1.29, 1.82) is 0 Å². The standard InChI is InChI=1S/C20H18N4OS/c1-4-14-5-6-16(23-12-14)17(25)9-15-7-8-22-18(10-15)20(3)11-13(2)26-19(21)24-20/h1,5-8,10,12H,2,9,11H2,3H3,(H2,21,24)/t20-/m0/s1. The van der Waals surface area contributed by atoms with E-state index in [2.05, 4.69) is 27.5 Å². The third kappa shape index (κ3) is 3.84. The molecule has 3 heterocycles. The maximum atomic E-state index is 12.5. The summed E-state index contributed by atoms with van der Waals surface area (Å²) >= 11 is 1.38. The molecule has 0 aliphatic carbocycles. The molecule has 3 rings (SSSR count). The van der Waals surface area contributed by atoms with Crippen LogP contribution in [0.3, 0.4) is 0 Å². The lowest BCUT2D eigenvalue weighted by Crippen LogP contribution is -2.28. The summed E-state index contributed by atoms with van der Waals surface area (Å²) in [5.74, 6) is 2.40. The second-order valence-electron chi connectivity index (χ2n) is 6.27. The second-order valence-corrected chi connectivity index (χ2v) is 7.47. The van der Waals surface area contributed by atoms with Crippen LogP contribution in [0.15, 0.2) is 53.1 Å². The maximum Gasteiger partial charge on any atom is 0.185 e. The van der Waals surface area contributed by atoms with Crippen LogP contribution >= 0.6 is 11.8 Å². The maximum absolute atomic E-state index is 12.5. The van der Waals surface area contributed by atoms with Crippen molar-refractivity contribution < 1.29 is 4.79 Å². The average molecular weight is 362 g/mol. The van der Waals surface area contributed by atoms with Gasteiger partial charge in [-0.3, -0.25) is 14.8 Å². The molecular weight excluding hydrogens is 344 g/mol. The highest BCUT2D eigenvalue weighted by atomic mass is 32.2. The van der Waals surface area contributed by atoms with Crippen molar-refractivity contribution in [3.8, 4) is 12.3 Å². The van der Waals surface area contributed by atoms with E-state index in [1.165, 1.54) is 18.0 Å². The first-order valence-electron chi connectivity index (χ1n) is 8.02. The number of nitrogens with zero attached hydrogens (tertiary/aromatic N) is 3. The van der Waals surface area contributed by atoms with Crippen LogP contribution in [0.5, 0.6) is 0 Å². The van der Waals surface area contributed by atoms with E-state index in [9.17, 15) is 4.79 Å². The Labute approximate surface area is 156 Å². The number of amidine groups is 1. The number of hydrogen-bond donors (Lipinski definition) is 1. The number of nitrogens with two attached hydrogens (primary N) is 1. The molecule has 0 fully saturated rings. The Hall–Kier alpha value is -2.91. The van der Waals surface area contributed by atoms with Crippen molar-refractivity contribution in [1.82, 2.24) is 9.97 Å². The molecule has 1 atom stereocenters. The van der Waals surface area contributed by atoms with Crippen LogP contribution in [0.1, 0.15) is 40.7 Å². The molecule has 0 saturated heterocycles. The molecule has 1 aliphatic heterocycles. The fourth-order valence-corrected chi connectivity index (χ4v) is 3.72. The number of carbonyl (C=O) groups is 1. The summed E-state index contributed by atoms with van der Waals surface area (Å²) < 4.78 is 0. The van der Waals surface area contributed by atoms with E-state index < -0.39 is 5.54 Å². The number of aromatic nitrogens is 2. The van der Waals surface area contributed by atoms with E-state index in [-0.39, 0.29) is 12.2 Å². The molecule has 26 heavy (non-hydrogen) atoms. The number of Topliss-reactive ketones (excluding diaryl/α,β-unsaturated/α-hetero) is 1. The number of thioether (sulfide) groups is 1. The molecule has 2 N–H and O–H groups in total. The molecule has 6 heteroatoms. The SMILES string of the molecule is C#Cc1ccc(C(=O)Cc2ccnc([C@]3(C)CC(=C)SC(N)=N3)c2)nc1. The van der Waals surface area contributed by atoms with Crippen molar-refractivity contribution in [3.63, 3.8) is 0 Å². The van der Waals surface area contributed by atoms with E-state index in [1.807, 2.05) is 19.1 Å². The van der Waals surface area contributed by atoms with E-state index in [0.29, 0.717) is 22.8 Å². The normalized spacial score (nSPS) is 19.5. The quantitative estimate of drug-likeness (QED) is 0.668. The zero-order valence-corrected chi connectivity index (χ0v) is 15.2. The van der Waals surface area contributed by atoms with Gasteiger partial charge in [0.05, 0.1) is 5.69 Å². The second kappa shape index (κ2) is 7.14. The van der Waals surface area contributed by atoms with Gasteiger partial charge in [0.25, 0.3) is 0 Å². The number of pyridine rings is 2. The number of aliphatic imine (C=N–C) groups is 1.